The summed E-state index contributed by atoms with van der Waals surface area (Å²) >= 11 is 0. The average Bonchev–Trinajstić information content (AvgIpc) is 2.83. The van der Waals surface area contributed by atoms with Gasteiger partial charge in [0.05, 0.1) is 24.9 Å². The highest BCUT2D eigenvalue weighted by molar-refractivity contribution is 5.88. The van der Waals surface area contributed by atoms with Crippen molar-refractivity contribution >= 4 is 5.97 Å². The molecular formula is C14H23N3O3. The molecule has 0 amide bonds. The molecule has 0 saturated carbocycles. The Labute approximate surface area is 119 Å². The number of aromatic nitrogens is 3. The van der Waals surface area contributed by atoms with E-state index in [1.165, 1.54) is 0 Å². The first-order valence-electron chi connectivity index (χ1n) is 7.32. The SMILES string of the molecule is CCOC(=O)c1nnn(C2CCCOC2)c1CC(C)C. The molecule has 20 heavy (non-hydrogen) atoms. The zero-order valence-electron chi connectivity index (χ0n) is 12.5. The number of ether oxygens (including phenoxy) is 2. The van der Waals surface area contributed by atoms with Crippen molar-refractivity contribution in [1.29, 1.82) is 0 Å². The van der Waals surface area contributed by atoms with Gasteiger partial charge in [-0.25, -0.2) is 9.48 Å². The van der Waals surface area contributed by atoms with Crippen LogP contribution in [0.1, 0.15) is 55.8 Å². The van der Waals surface area contributed by atoms with Crippen LogP contribution >= 0.6 is 0 Å². The third kappa shape index (κ3) is 3.36. The van der Waals surface area contributed by atoms with Crippen molar-refractivity contribution in [2.45, 2.75) is 46.1 Å². The third-order valence-corrected chi connectivity index (χ3v) is 3.34. The van der Waals surface area contributed by atoms with Crippen molar-refractivity contribution in [2.75, 3.05) is 19.8 Å². The fraction of sp³-hybridized carbons (Fsp3) is 0.786. The standard InChI is InChI=1S/C14H23N3O3/c1-4-20-14(18)13-12(8-10(2)3)17(16-15-13)11-6-5-7-19-9-11/h10-11H,4-9H2,1-3H3. The molecule has 0 bridgehead atoms. The quantitative estimate of drug-likeness (QED) is 0.772. The Morgan fingerprint density at radius 1 is 1.55 bits per heavy atom. The molecule has 0 aliphatic carbocycles. The first-order chi connectivity index (χ1) is 9.63. The Bertz CT molecular complexity index is 451. The zero-order chi connectivity index (χ0) is 14.5. The molecule has 1 aromatic heterocycles. The van der Waals surface area contributed by atoms with Gasteiger partial charge in [0.15, 0.2) is 5.69 Å². The Morgan fingerprint density at radius 2 is 2.35 bits per heavy atom. The minimum Gasteiger partial charge on any atom is -0.461 e. The molecule has 6 heteroatoms. The van der Waals surface area contributed by atoms with Crippen molar-refractivity contribution in [2.24, 2.45) is 5.92 Å². The van der Waals surface area contributed by atoms with Crippen LogP contribution in [-0.2, 0) is 15.9 Å². The van der Waals surface area contributed by atoms with Gasteiger partial charge in [0.1, 0.15) is 0 Å². The van der Waals surface area contributed by atoms with Gasteiger partial charge in [-0.1, -0.05) is 19.1 Å². The summed E-state index contributed by atoms with van der Waals surface area (Å²) in [5.74, 6) is 0.0380. The van der Waals surface area contributed by atoms with E-state index in [1.54, 1.807) is 6.92 Å². The maximum Gasteiger partial charge on any atom is 0.360 e. The Balaban J connectivity index is 2.28. The van der Waals surface area contributed by atoms with Crippen LogP contribution in [0.5, 0.6) is 0 Å². The summed E-state index contributed by atoms with van der Waals surface area (Å²) in [5, 5.41) is 8.23. The van der Waals surface area contributed by atoms with E-state index in [-0.39, 0.29) is 12.0 Å². The van der Waals surface area contributed by atoms with Crippen LogP contribution in [0.2, 0.25) is 0 Å². The van der Waals surface area contributed by atoms with E-state index >= 15 is 0 Å². The third-order valence-electron chi connectivity index (χ3n) is 3.34. The number of carbonyl (C=O) groups is 1. The number of nitrogens with zero attached hydrogens (tertiary/aromatic N) is 3. The zero-order valence-corrected chi connectivity index (χ0v) is 12.5. The van der Waals surface area contributed by atoms with Crippen LogP contribution < -0.4 is 0 Å². The number of carbonyl (C=O) groups excluding carboxylic acids is 1. The molecule has 1 saturated heterocycles. The molecule has 2 rings (SSSR count). The molecular weight excluding hydrogens is 258 g/mol. The average molecular weight is 281 g/mol. The summed E-state index contributed by atoms with van der Waals surface area (Å²) in [5.41, 5.74) is 1.22. The monoisotopic (exact) mass is 281 g/mol. The maximum atomic E-state index is 12.0. The van der Waals surface area contributed by atoms with E-state index < -0.39 is 0 Å². The van der Waals surface area contributed by atoms with Crippen LogP contribution in [0.4, 0.5) is 0 Å². The maximum absolute atomic E-state index is 12.0. The van der Waals surface area contributed by atoms with Crippen LogP contribution in [-0.4, -0.2) is 40.8 Å². The van der Waals surface area contributed by atoms with Crippen molar-refractivity contribution < 1.29 is 14.3 Å². The van der Waals surface area contributed by atoms with Crippen molar-refractivity contribution in [3.05, 3.63) is 11.4 Å². The molecule has 6 nitrogen and oxygen atoms in total. The Kier molecular flexibility index (Phi) is 5.11. The fourth-order valence-corrected chi connectivity index (χ4v) is 2.46. The molecule has 1 atom stereocenters. The van der Waals surface area contributed by atoms with Gasteiger partial charge in [0, 0.05) is 6.61 Å². The Morgan fingerprint density at radius 3 is 2.95 bits per heavy atom. The summed E-state index contributed by atoms with van der Waals surface area (Å²) in [6.07, 6.45) is 2.79. The van der Waals surface area contributed by atoms with E-state index in [1.807, 2.05) is 4.68 Å². The lowest BCUT2D eigenvalue weighted by Crippen LogP contribution is -2.24. The van der Waals surface area contributed by atoms with Crippen LogP contribution in [0.3, 0.4) is 0 Å². The molecule has 1 aliphatic heterocycles. The van der Waals surface area contributed by atoms with E-state index in [0.717, 1.165) is 31.6 Å². The largest absolute Gasteiger partial charge is 0.461 e. The number of hydrogen-bond acceptors (Lipinski definition) is 5. The summed E-state index contributed by atoms with van der Waals surface area (Å²) in [4.78, 5) is 12.0. The molecule has 112 valence electrons. The van der Waals surface area contributed by atoms with Crippen molar-refractivity contribution in [3.8, 4) is 0 Å². The first kappa shape index (κ1) is 15.0. The second kappa shape index (κ2) is 6.83. The molecule has 0 radical (unpaired) electrons. The van der Waals surface area contributed by atoms with Gasteiger partial charge in [-0.15, -0.1) is 5.10 Å². The van der Waals surface area contributed by atoms with Gasteiger partial charge in [0.2, 0.25) is 0 Å². The van der Waals surface area contributed by atoms with Crippen molar-refractivity contribution in [1.82, 2.24) is 15.0 Å². The molecule has 1 fully saturated rings. The predicted molar refractivity (Wildman–Crippen MR) is 73.6 cm³/mol. The molecule has 0 aromatic carbocycles. The highest BCUT2D eigenvalue weighted by Crippen LogP contribution is 2.23. The van der Waals surface area contributed by atoms with Gasteiger partial charge in [0.25, 0.3) is 0 Å². The minimum atomic E-state index is -0.383. The molecule has 1 aliphatic rings. The van der Waals surface area contributed by atoms with Crippen LogP contribution in [0.15, 0.2) is 0 Å². The van der Waals surface area contributed by atoms with E-state index in [0.29, 0.717) is 24.8 Å². The molecule has 1 unspecified atom stereocenters. The predicted octanol–water partition coefficient (Wildman–Crippen LogP) is 2.00. The first-order valence-corrected chi connectivity index (χ1v) is 7.32. The van der Waals surface area contributed by atoms with Crippen LogP contribution in [0, 0.1) is 5.92 Å². The molecule has 0 spiro atoms. The van der Waals surface area contributed by atoms with Crippen LogP contribution in [0.25, 0.3) is 0 Å². The normalized spacial score (nSPS) is 19.3. The van der Waals surface area contributed by atoms with E-state index in [9.17, 15) is 4.79 Å². The second-order valence-electron chi connectivity index (χ2n) is 5.52. The highest BCUT2D eigenvalue weighted by Gasteiger charge is 2.26. The summed E-state index contributed by atoms with van der Waals surface area (Å²) in [6.45, 7) is 7.80. The molecule has 1 aromatic rings. The summed E-state index contributed by atoms with van der Waals surface area (Å²) in [7, 11) is 0. The lowest BCUT2D eigenvalue weighted by Gasteiger charge is -2.24. The highest BCUT2D eigenvalue weighted by atomic mass is 16.5. The second-order valence-corrected chi connectivity index (χ2v) is 5.52. The molecule has 0 N–H and O–H groups in total. The van der Waals surface area contributed by atoms with Gasteiger partial charge in [-0.3, -0.25) is 0 Å². The minimum absolute atomic E-state index is 0.174. The van der Waals surface area contributed by atoms with Gasteiger partial charge < -0.3 is 9.47 Å². The van der Waals surface area contributed by atoms with Crippen molar-refractivity contribution in [3.63, 3.8) is 0 Å². The van der Waals surface area contributed by atoms with Gasteiger partial charge in [-0.05, 0) is 32.1 Å². The lowest BCUT2D eigenvalue weighted by atomic mass is 10.0. The fourth-order valence-electron chi connectivity index (χ4n) is 2.46. The molecule has 2 heterocycles. The Hall–Kier alpha value is -1.43. The van der Waals surface area contributed by atoms with E-state index in [4.69, 9.17) is 9.47 Å². The van der Waals surface area contributed by atoms with Gasteiger partial charge >= 0.3 is 5.97 Å². The summed E-state index contributed by atoms with van der Waals surface area (Å²) in [6, 6.07) is 0.174. The smallest absolute Gasteiger partial charge is 0.360 e. The number of esters is 1. The topological polar surface area (TPSA) is 66.2 Å². The summed E-state index contributed by atoms with van der Waals surface area (Å²) < 4.78 is 12.4. The number of hydrogen-bond donors (Lipinski definition) is 0. The van der Waals surface area contributed by atoms with Gasteiger partial charge in [-0.2, -0.15) is 0 Å². The number of rotatable bonds is 5. The van der Waals surface area contributed by atoms with E-state index in [2.05, 4.69) is 24.2 Å². The lowest BCUT2D eigenvalue weighted by molar-refractivity contribution is 0.0507.